The van der Waals surface area contributed by atoms with Gasteiger partial charge >= 0.3 is 6.18 Å². The Bertz CT molecular complexity index is 1490. The number of hydrogen-bond acceptors (Lipinski definition) is 4. The van der Waals surface area contributed by atoms with Gasteiger partial charge in [0.25, 0.3) is 0 Å². The first kappa shape index (κ1) is 37.9. The van der Waals surface area contributed by atoms with Gasteiger partial charge in [-0.05, 0) is 53.8 Å². The summed E-state index contributed by atoms with van der Waals surface area (Å²) in [5.74, 6) is 0.536. The predicted molar refractivity (Wildman–Crippen MR) is 183 cm³/mol. The van der Waals surface area contributed by atoms with Crippen LogP contribution in [0.3, 0.4) is 0 Å². The lowest BCUT2D eigenvalue weighted by atomic mass is 9.90. The maximum absolute atomic E-state index is 13.7. The Balaban J connectivity index is 0.00000600. The lowest BCUT2D eigenvalue weighted by molar-refractivity contribution is -0.137. The molecule has 1 atom stereocenters. The smallest absolute Gasteiger partial charge is 0.417 e. The molecular formula is C37H41Cl2F3N2O3. The van der Waals surface area contributed by atoms with Crippen molar-refractivity contribution in [3.63, 3.8) is 0 Å². The van der Waals surface area contributed by atoms with E-state index in [0.717, 1.165) is 22.8 Å². The fraction of sp³-hybridized carbons (Fsp3) is 0.324. The molecule has 0 fully saturated rings. The molecule has 4 rings (SSSR count). The van der Waals surface area contributed by atoms with E-state index < -0.39 is 11.7 Å². The Morgan fingerprint density at radius 1 is 0.915 bits per heavy atom. The molecule has 1 unspecified atom stereocenters. The van der Waals surface area contributed by atoms with Crippen molar-refractivity contribution in [3.05, 3.63) is 136 Å². The van der Waals surface area contributed by atoms with Crippen LogP contribution in [0.15, 0.2) is 103 Å². The molecule has 4 aromatic rings. The number of hydrogen-bond donors (Lipinski definition) is 1. The minimum Gasteiger partial charge on any atom is -0.494 e. The summed E-state index contributed by atoms with van der Waals surface area (Å²) in [4.78, 5) is 14.5. The van der Waals surface area contributed by atoms with Gasteiger partial charge in [-0.1, -0.05) is 96.5 Å². The number of halogens is 5. The van der Waals surface area contributed by atoms with E-state index in [1.54, 1.807) is 13.2 Å². The van der Waals surface area contributed by atoms with Crippen molar-refractivity contribution >= 4 is 29.9 Å². The van der Waals surface area contributed by atoms with Crippen LogP contribution >= 0.6 is 24.0 Å². The van der Waals surface area contributed by atoms with Gasteiger partial charge in [0.05, 0.1) is 30.2 Å². The molecule has 0 radical (unpaired) electrons. The molecule has 0 saturated heterocycles. The number of methoxy groups -OCH3 is 1. The molecule has 0 aliphatic heterocycles. The van der Waals surface area contributed by atoms with Crippen LogP contribution in [-0.2, 0) is 28.7 Å². The molecule has 5 nitrogen and oxygen atoms in total. The molecular weight excluding hydrogens is 648 g/mol. The van der Waals surface area contributed by atoms with Crippen molar-refractivity contribution in [1.29, 1.82) is 0 Å². The highest BCUT2D eigenvalue weighted by atomic mass is 35.5. The fourth-order valence-corrected chi connectivity index (χ4v) is 5.75. The van der Waals surface area contributed by atoms with Gasteiger partial charge in [0, 0.05) is 38.7 Å². The minimum atomic E-state index is -4.54. The monoisotopic (exact) mass is 688 g/mol. The number of rotatable bonds is 16. The summed E-state index contributed by atoms with van der Waals surface area (Å²) in [6.45, 7) is 4.06. The lowest BCUT2D eigenvalue weighted by Gasteiger charge is -2.29. The summed E-state index contributed by atoms with van der Waals surface area (Å²) in [7, 11) is 1.59. The molecule has 252 valence electrons. The Labute approximate surface area is 286 Å². The number of alkyl halides is 3. The number of benzene rings is 4. The molecule has 0 aromatic heterocycles. The van der Waals surface area contributed by atoms with E-state index in [1.165, 1.54) is 6.07 Å². The van der Waals surface area contributed by atoms with Gasteiger partial charge in [0.2, 0.25) is 5.91 Å². The van der Waals surface area contributed by atoms with Gasteiger partial charge in [-0.2, -0.15) is 13.2 Å². The fourth-order valence-electron chi connectivity index (χ4n) is 5.46. The number of ether oxygens (including phenoxy) is 2. The van der Waals surface area contributed by atoms with Gasteiger partial charge in [0.15, 0.2) is 0 Å². The van der Waals surface area contributed by atoms with E-state index in [4.69, 9.17) is 21.1 Å². The lowest BCUT2D eigenvalue weighted by Crippen LogP contribution is -2.36. The Morgan fingerprint density at radius 3 is 2.17 bits per heavy atom. The van der Waals surface area contributed by atoms with Gasteiger partial charge in [-0.3, -0.25) is 9.69 Å². The molecule has 4 aromatic carbocycles. The Kier molecular flexibility index (Phi) is 15.1. The average molecular weight is 690 g/mol. The normalized spacial score (nSPS) is 12.1. The first-order chi connectivity index (χ1) is 22.1. The molecule has 0 aliphatic rings. The minimum absolute atomic E-state index is 0. The molecule has 0 heterocycles. The zero-order chi connectivity index (χ0) is 32.9. The third kappa shape index (κ3) is 11.9. The number of nitrogens with one attached hydrogen (secondary N) is 1. The van der Waals surface area contributed by atoms with Crippen LogP contribution in [0.1, 0.15) is 47.1 Å². The SMILES string of the molecule is COCC(C)NC(=O)Cc1cccc(OCCCN(Cc2cccc(C(F)(F)F)c2Cl)CC(c2ccccc2)c2ccccc2)c1.Cl. The van der Waals surface area contributed by atoms with E-state index in [1.807, 2.05) is 67.6 Å². The maximum Gasteiger partial charge on any atom is 0.417 e. The highest BCUT2D eigenvalue weighted by Crippen LogP contribution is 2.37. The van der Waals surface area contributed by atoms with Gasteiger partial charge in [0.1, 0.15) is 5.75 Å². The second-order valence-corrected chi connectivity index (χ2v) is 11.7. The topological polar surface area (TPSA) is 50.8 Å². The molecule has 1 amide bonds. The molecule has 1 N–H and O–H groups in total. The second kappa shape index (κ2) is 18.7. The van der Waals surface area contributed by atoms with Crippen molar-refractivity contribution < 1.29 is 27.4 Å². The predicted octanol–water partition coefficient (Wildman–Crippen LogP) is 8.58. The van der Waals surface area contributed by atoms with Crippen molar-refractivity contribution in [1.82, 2.24) is 10.2 Å². The van der Waals surface area contributed by atoms with Gasteiger partial charge in [-0.15, -0.1) is 12.4 Å². The van der Waals surface area contributed by atoms with Crippen molar-refractivity contribution in [3.8, 4) is 5.75 Å². The summed E-state index contributed by atoms with van der Waals surface area (Å²) < 4.78 is 52.2. The first-order valence-electron chi connectivity index (χ1n) is 15.3. The van der Waals surface area contributed by atoms with Crippen LogP contribution < -0.4 is 10.1 Å². The number of carbonyl (C=O) groups excluding carboxylic acids is 1. The molecule has 0 bridgehead atoms. The Hall–Kier alpha value is -3.56. The standard InChI is InChI=1S/C37H40ClF3N2O3.ClH/c1-27(26-45-2)42-35(44)23-28-12-9-18-32(22-28)46-21-11-20-43(24-31-17-10-19-34(36(31)38)37(39,40)41)25-33(29-13-5-3-6-14-29)30-15-7-4-8-16-30;/h3-10,12-19,22,27,33H,11,20-21,23-26H2,1-2H3,(H,42,44);1H. The van der Waals surface area contributed by atoms with Crippen LogP contribution in [0.2, 0.25) is 5.02 Å². The van der Waals surface area contributed by atoms with Crippen molar-refractivity contribution in [2.24, 2.45) is 0 Å². The molecule has 0 saturated carbocycles. The third-order valence-electron chi connectivity index (χ3n) is 7.60. The summed E-state index contributed by atoms with van der Waals surface area (Å²) in [5, 5.41) is 2.63. The summed E-state index contributed by atoms with van der Waals surface area (Å²) in [6, 6.07) is 31.6. The van der Waals surface area contributed by atoms with Crippen LogP contribution in [0, 0.1) is 0 Å². The first-order valence-corrected chi connectivity index (χ1v) is 15.7. The van der Waals surface area contributed by atoms with Crippen LogP contribution in [0.4, 0.5) is 13.2 Å². The highest BCUT2D eigenvalue weighted by Gasteiger charge is 2.34. The van der Waals surface area contributed by atoms with Gasteiger partial charge < -0.3 is 14.8 Å². The van der Waals surface area contributed by atoms with E-state index in [0.29, 0.717) is 44.0 Å². The summed E-state index contributed by atoms with van der Waals surface area (Å²) >= 11 is 6.34. The second-order valence-electron chi connectivity index (χ2n) is 11.3. The number of carbonyl (C=O) groups is 1. The third-order valence-corrected chi connectivity index (χ3v) is 8.04. The number of amides is 1. The van der Waals surface area contributed by atoms with Crippen LogP contribution in [0.25, 0.3) is 0 Å². The highest BCUT2D eigenvalue weighted by molar-refractivity contribution is 6.32. The van der Waals surface area contributed by atoms with E-state index in [-0.39, 0.29) is 48.3 Å². The summed E-state index contributed by atoms with van der Waals surface area (Å²) in [6.07, 6.45) is -3.71. The maximum atomic E-state index is 13.7. The quantitative estimate of drug-likeness (QED) is 0.120. The van der Waals surface area contributed by atoms with Gasteiger partial charge in [-0.25, -0.2) is 0 Å². The van der Waals surface area contributed by atoms with E-state index in [9.17, 15) is 18.0 Å². The van der Waals surface area contributed by atoms with Crippen molar-refractivity contribution in [2.75, 3.05) is 33.4 Å². The van der Waals surface area contributed by atoms with E-state index in [2.05, 4.69) is 34.5 Å². The van der Waals surface area contributed by atoms with Crippen LogP contribution in [-0.4, -0.2) is 50.3 Å². The van der Waals surface area contributed by atoms with Crippen molar-refractivity contribution in [2.45, 2.75) is 44.4 Å². The molecule has 10 heteroatoms. The zero-order valence-electron chi connectivity index (χ0n) is 26.5. The Morgan fingerprint density at radius 2 is 1.55 bits per heavy atom. The summed E-state index contributed by atoms with van der Waals surface area (Å²) in [5.41, 5.74) is 2.64. The molecule has 47 heavy (non-hydrogen) atoms. The van der Waals surface area contributed by atoms with Crippen LogP contribution in [0.5, 0.6) is 5.75 Å². The zero-order valence-corrected chi connectivity index (χ0v) is 28.1. The van der Waals surface area contributed by atoms with E-state index >= 15 is 0 Å². The molecule has 0 spiro atoms. The largest absolute Gasteiger partial charge is 0.494 e. The number of nitrogens with zero attached hydrogens (tertiary/aromatic N) is 1. The average Bonchev–Trinajstić information content (AvgIpc) is 3.03. The molecule has 0 aliphatic carbocycles.